The summed E-state index contributed by atoms with van der Waals surface area (Å²) in [5.74, 6) is 0.600. The molecule has 0 fully saturated rings. The Morgan fingerprint density at radius 3 is 2.50 bits per heavy atom. The van der Waals surface area contributed by atoms with E-state index in [-0.39, 0.29) is 12.2 Å². The fraction of sp³-hybridized carbons (Fsp3) is 0.200. The van der Waals surface area contributed by atoms with Crippen LogP contribution < -0.4 is 4.74 Å². The Hall–Kier alpha value is -1.87. The Kier molecular flexibility index (Phi) is 3.95. The van der Waals surface area contributed by atoms with E-state index in [0.29, 0.717) is 11.5 Å². The van der Waals surface area contributed by atoms with Gasteiger partial charge in [-0.1, -0.05) is 31.2 Å². The van der Waals surface area contributed by atoms with Crippen LogP contribution in [0.4, 0.5) is 4.39 Å². The molecule has 0 amide bonds. The molecule has 0 bridgehead atoms. The fourth-order valence-electron chi connectivity index (χ4n) is 1.80. The van der Waals surface area contributed by atoms with Crippen molar-refractivity contribution in [2.75, 3.05) is 0 Å². The van der Waals surface area contributed by atoms with Gasteiger partial charge in [0, 0.05) is 0 Å². The Morgan fingerprint density at radius 1 is 1.06 bits per heavy atom. The zero-order valence-corrected chi connectivity index (χ0v) is 10.2. The van der Waals surface area contributed by atoms with E-state index in [0.717, 1.165) is 12.0 Å². The minimum absolute atomic E-state index is 0.184. The van der Waals surface area contributed by atoms with Crippen LogP contribution in [0.15, 0.2) is 42.5 Å². The number of halogens is 1. The van der Waals surface area contributed by atoms with Crippen molar-refractivity contribution in [3.63, 3.8) is 0 Å². The second-order valence-corrected chi connectivity index (χ2v) is 3.94. The van der Waals surface area contributed by atoms with Crippen LogP contribution in [0, 0.1) is 5.82 Å². The number of ether oxygens (including phenoxy) is 1. The van der Waals surface area contributed by atoms with Crippen LogP contribution in [0.5, 0.6) is 11.5 Å². The van der Waals surface area contributed by atoms with Gasteiger partial charge in [0.05, 0.1) is 12.2 Å². The van der Waals surface area contributed by atoms with Crippen LogP contribution in [0.3, 0.4) is 0 Å². The van der Waals surface area contributed by atoms with Crippen molar-refractivity contribution in [2.24, 2.45) is 0 Å². The molecule has 0 unspecified atom stereocenters. The Bertz CT molecular complexity index is 538. The fourth-order valence-corrected chi connectivity index (χ4v) is 1.80. The van der Waals surface area contributed by atoms with Gasteiger partial charge in [0.2, 0.25) is 0 Å². The third kappa shape index (κ3) is 2.51. The van der Waals surface area contributed by atoms with Crippen LogP contribution in [-0.4, -0.2) is 5.11 Å². The highest BCUT2D eigenvalue weighted by Gasteiger charge is 2.10. The van der Waals surface area contributed by atoms with Crippen LogP contribution >= 0.6 is 0 Å². The highest BCUT2D eigenvalue weighted by atomic mass is 19.1. The zero-order valence-electron chi connectivity index (χ0n) is 10.2. The minimum Gasteiger partial charge on any atom is -0.457 e. The van der Waals surface area contributed by atoms with Crippen molar-refractivity contribution in [1.82, 2.24) is 0 Å². The number of rotatable bonds is 4. The molecule has 0 aliphatic heterocycles. The summed E-state index contributed by atoms with van der Waals surface area (Å²) in [7, 11) is 0. The van der Waals surface area contributed by atoms with Gasteiger partial charge < -0.3 is 9.84 Å². The molecule has 0 saturated carbocycles. The molecule has 0 saturated heterocycles. The van der Waals surface area contributed by atoms with Gasteiger partial charge in [-0.3, -0.25) is 0 Å². The largest absolute Gasteiger partial charge is 0.457 e. The third-order valence-electron chi connectivity index (χ3n) is 2.81. The van der Waals surface area contributed by atoms with Crippen molar-refractivity contribution in [1.29, 1.82) is 0 Å². The average Bonchev–Trinajstić information content (AvgIpc) is 2.40. The van der Waals surface area contributed by atoms with Gasteiger partial charge in [-0.15, -0.1) is 0 Å². The standard InChI is InChI=1S/C15H15FO2/c1-2-11-6-3-4-8-14(11)18-15-9-5-7-13(16)12(15)10-17/h3-9,17H,2,10H2,1H3. The van der Waals surface area contributed by atoms with Crippen molar-refractivity contribution in [3.8, 4) is 11.5 Å². The van der Waals surface area contributed by atoms with Gasteiger partial charge in [-0.2, -0.15) is 0 Å². The lowest BCUT2D eigenvalue weighted by Gasteiger charge is -2.13. The molecule has 2 aromatic rings. The van der Waals surface area contributed by atoms with E-state index in [1.54, 1.807) is 12.1 Å². The van der Waals surface area contributed by atoms with E-state index in [1.165, 1.54) is 6.07 Å². The van der Waals surface area contributed by atoms with Crippen molar-refractivity contribution >= 4 is 0 Å². The topological polar surface area (TPSA) is 29.5 Å². The predicted molar refractivity (Wildman–Crippen MR) is 68.2 cm³/mol. The van der Waals surface area contributed by atoms with Crippen LogP contribution in [0.25, 0.3) is 0 Å². The highest BCUT2D eigenvalue weighted by molar-refractivity contribution is 5.41. The molecule has 2 nitrogen and oxygen atoms in total. The Labute approximate surface area is 106 Å². The summed E-state index contributed by atoms with van der Waals surface area (Å²) in [4.78, 5) is 0. The minimum atomic E-state index is -0.455. The maximum atomic E-state index is 13.5. The summed E-state index contributed by atoms with van der Waals surface area (Å²) < 4.78 is 19.2. The number of hydrogen-bond donors (Lipinski definition) is 1. The molecular weight excluding hydrogens is 231 g/mol. The zero-order chi connectivity index (χ0) is 13.0. The van der Waals surface area contributed by atoms with Crippen LogP contribution in [0.2, 0.25) is 0 Å². The second-order valence-electron chi connectivity index (χ2n) is 3.94. The van der Waals surface area contributed by atoms with Gasteiger partial charge in [-0.05, 0) is 30.2 Å². The maximum Gasteiger partial charge on any atom is 0.135 e. The lowest BCUT2D eigenvalue weighted by Crippen LogP contribution is -1.97. The molecule has 0 heterocycles. The Morgan fingerprint density at radius 2 is 1.78 bits per heavy atom. The van der Waals surface area contributed by atoms with Crippen molar-refractivity contribution in [3.05, 3.63) is 59.4 Å². The molecule has 0 spiro atoms. The highest BCUT2D eigenvalue weighted by Crippen LogP contribution is 2.29. The molecule has 2 rings (SSSR count). The molecule has 0 aliphatic carbocycles. The molecular formula is C15H15FO2. The van der Waals surface area contributed by atoms with E-state index in [9.17, 15) is 9.50 Å². The molecule has 1 N–H and O–H groups in total. The Balaban J connectivity index is 2.37. The molecule has 0 aliphatic rings. The summed E-state index contributed by atoms with van der Waals surface area (Å²) in [6, 6.07) is 12.1. The molecule has 0 atom stereocenters. The SMILES string of the molecule is CCc1ccccc1Oc1cccc(F)c1CO. The first-order valence-corrected chi connectivity index (χ1v) is 5.90. The number of aliphatic hydroxyl groups is 1. The number of hydrogen-bond acceptors (Lipinski definition) is 2. The lowest BCUT2D eigenvalue weighted by molar-refractivity contribution is 0.269. The predicted octanol–water partition coefficient (Wildman–Crippen LogP) is 3.67. The first-order chi connectivity index (χ1) is 8.76. The smallest absolute Gasteiger partial charge is 0.135 e. The van der Waals surface area contributed by atoms with Gasteiger partial charge in [0.1, 0.15) is 17.3 Å². The van der Waals surface area contributed by atoms with Gasteiger partial charge in [-0.25, -0.2) is 4.39 Å². The third-order valence-corrected chi connectivity index (χ3v) is 2.81. The van der Waals surface area contributed by atoms with E-state index in [4.69, 9.17) is 4.74 Å². The lowest BCUT2D eigenvalue weighted by atomic mass is 10.1. The van der Waals surface area contributed by atoms with E-state index < -0.39 is 5.82 Å². The van der Waals surface area contributed by atoms with Crippen LogP contribution in [-0.2, 0) is 13.0 Å². The first-order valence-electron chi connectivity index (χ1n) is 5.90. The monoisotopic (exact) mass is 246 g/mol. The summed E-state index contributed by atoms with van der Waals surface area (Å²) in [6.07, 6.45) is 0.833. The van der Waals surface area contributed by atoms with Gasteiger partial charge >= 0.3 is 0 Å². The number of aliphatic hydroxyl groups excluding tert-OH is 1. The molecule has 18 heavy (non-hydrogen) atoms. The number of para-hydroxylation sites is 1. The number of aryl methyl sites for hydroxylation is 1. The van der Waals surface area contributed by atoms with Crippen molar-refractivity contribution < 1.29 is 14.2 Å². The summed E-state index contributed by atoms with van der Waals surface area (Å²) in [5, 5.41) is 9.18. The molecule has 94 valence electrons. The number of benzene rings is 2. The normalized spacial score (nSPS) is 10.4. The first kappa shape index (κ1) is 12.6. The van der Waals surface area contributed by atoms with Gasteiger partial charge in [0.15, 0.2) is 0 Å². The van der Waals surface area contributed by atoms with Crippen molar-refractivity contribution in [2.45, 2.75) is 20.0 Å². The van der Waals surface area contributed by atoms with E-state index in [1.807, 2.05) is 31.2 Å². The quantitative estimate of drug-likeness (QED) is 0.891. The molecule has 0 radical (unpaired) electrons. The molecule has 3 heteroatoms. The van der Waals surface area contributed by atoms with E-state index in [2.05, 4.69) is 0 Å². The summed E-state index contributed by atoms with van der Waals surface area (Å²) in [6.45, 7) is 1.65. The van der Waals surface area contributed by atoms with Gasteiger partial charge in [0.25, 0.3) is 0 Å². The summed E-state index contributed by atoms with van der Waals surface area (Å²) >= 11 is 0. The molecule has 0 aromatic heterocycles. The second kappa shape index (κ2) is 5.65. The maximum absolute atomic E-state index is 13.5. The van der Waals surface area contributed by atoms with Crippen LogP contribution in [0.1, 0.15) is 18.1 Å². The average molecular weight is 246 g/mol. The van der Waals surface area contributed by atoms with E-state index >= 15 is 0 Å². The summed E-state index contributed by atoms with van der Waals surface area (Å²) in [5.41, 5.74) is 1.23. The molecule has 2 aromatic carbocycles.